The molecule has 0 aromatic heterocycles. The second-order valence-corrected chi connectivity index (χ2v) is 7.65. The molecule has 0 saturated heterocycles. The maximum atomic E-state index is 11.6. The van der Waals surface area contributed by atoms with E-state index < -0.39 is 6.16 Å². The number of methoxy groups -OCH3 is 1. The molecule has 0 unspecified atom stereocenters. The second-order valence-electron chi connectivity index (χ2n) is 6.39. The first kappa shape index (κ1) is 19.9. The lowest BCUT2D eigenvalue weighted by Gasteiger charge is -2.17. The number of rotatable bonds is 7. The van der Waals surface area contributed by atoms with Crippen molar-refractivity contribution in [3.05, 3.63) is 52.0 Å². The van der Waals surface area contributed by atoms with Crippen molar-refractivity contribution in [2.75, 3.05) is 13.4 Å². The van der Waals surface area contributed by atoms with Crippen LogP contribution in [0.4, 0.5) is 4.79 Å². The largest absolute Gasteiger partial charge is 0.513 e. The number of aryl methyl sites for hydroxylation is 1. The van der Waals surface area contributed by atoms with Gasteiger partial charge in [0.15, 0.2) is 0 Å². The first-order valence-electron chi connectivity index (χ1n) is 8.94. The van der Waals surface area contributed by atoms with Crippen molar-refractivity contribution in [1.82, 2.24) is 0 Å². The van der Waals surface area contributed by atoms with Crippen LogP contribution in [-0.4, -0.2) is 19.5 Å². The average Bonchev–Trinajstić information content (AvgIpc) is 3.51. The Morgan fingerprint density at radius 1 is 1.26 bits per heavy atom. The molecule has 0 aliphatic heterocycles. The highest BCUT2D eigenvalue weighted by Crippen LogP contribution is 2.46. The third-order valence-electron chi connectivity index (χ3n) is 4.62. The minimum Gasteiger partial charge on any atom is -0.488 e. The molecule has 0 spiro atoms. The van der Waals surface area contributed by atoms with Gasteiger partial charge in [-0.1, -0.05) is 30.7 Å². The van der Waals surface area contributed by atoms with Crippen LogP contribution in [0.3, 0.4) is 0 Å². The predicted molar refractivity (Wildman–Crippen MR) is 108 cm³/mol. The van der Waals surface area contributed by atoms with Crippen molar-refractivity contribution in [1.29, 1.82) is 0 Å². The van der Waals surface area contributed by atoms with Crippen LogP contribution in [-0.2, 0) is 17.8 Å². The molecule has 0 radical (unpaired) electrons. The predicted octanol–water partition coefficient (Wildman–Crippen LogP) is 6.23. The van der Waals surface area contributed by atoms with Crippen molar-refractivity contribution in [2.24, 2.45) is 0 Å². The number of carbonyl (C=O) groups is 1. The molecular weight excluding hydrogens is 384 g/mol. The molecule has 1 saturated carbocycles. The van der Waals surface area contributed by atoms with Crippen LogP contribution < -0.4 is 9.47 Å². The average molecular weight is 407 g/mol. The van der Waals surface area contributed by atoms with Crippen LogP contribution in [0, 0.1) is 0 Å². The summed E-state index contributed by atoms with van der Waals surface area (Å²) in [6.07, 6.45) is 4.48. The zero-order valence-corrected chi connectivity index (χ0v) is 17.3. The highest BCUT2D eigenvalue weighted by molar-refractivity contribution is 7.98. The van der Waals surface area contributed by atoms with Crippen LogP contribution >= 0.6 is 23.4 Å². The van der Waals surface area contributed by atoms with Gasteiger partial charge in [0, 0.05) is 15.5 Å². The lowest BCUT2D eigenvalue weighted by atomic mass is 10.0. The zero-order chi connectivity index (χ0) is 19.4. The third kappa shape index (κ3) is 4.71. The van der Waals surface area contributed by atoms with Crippen LogP contribution in [0.15, 0.2) is 35.2 Å². The fraction of sp³-hybridized carbons (Fsp3) is 0.381. The van der Waals surface area contributed by atoms with E-state index in [1.165, 1.54) is 25.5 Å². The van der Waals surface area contributed by atoms with E-state index in [-0.39, 0.29) is 6.61 Å². The molecule has 0 heterocycles. The third-order valence-corrected chi connectivity index (χ3v) is 5.79. The lowest BCUT2D eigenvalue weighted by molar-refractivity contribution is 0.120. The maximum Gasteiger partial charge on any atom is 0.513 e. The molecule has 144 valence electrons. The second kappa shape index (κ2) is 8.89. The van der Waals surface area contributed by atoms with Gasteiger partial charge in [-0.15, -0.1) is 11.8 Å². The highest BCUT2D eigenvalue weighted by Gasteiger charge is 2.28. The molecule has 2 aromatic rings. The van der Waals surface area contributed by atoms with E-state index in [1.807, 2.05) is 24.5 Å². The summed E-state index contributed by atoms with van der Waals surface area (Å²) in [5, 5.41) is 0.723. The number of carbonyl (C=O) groups excluding carboxylic acids is 1. The van der Waals surface area contributed by atoms with Crippen molar-refractivity contribution in [2.45, 2.75) is 43.6 Å². The van der Waals surface area contributed by atoms with E-state index in [0.29, 0.717) is 11.7 Å². The Labute approximate surface area is 169 Å². The van der Waals surface area contributed by atoms with Gasteiger partial charge < -0.3 is 14.2 Å². The Kier molecular flexibility index (Phi) is 6.55. The summed E-state index contributed by atoms with van der Waals surface area (Å²) in [5.74, 6) is 1.79. The SMILES string of the molecule is CCc1cc(C2CC2)c(OCc2c(OC(=O)OC)cccc2SC)cc1Cl. The van der Waals surface area contributed by atoms with Crippen LogP contribution in [0.5, 0.6) is 11.5 Å². The van der Waals surface area contributed by atoms with E-state index in [0.717, 1.165) is 33.2 Å². The van der Waals surface area contributed by atoms with Gasteiger partial charge in [-0.3, -0.25) is 0 Å². The summed E-state index contributed by atoms with van der Waals surface area (Å²) in [5.41, 5.74) is 3.17. The van der Waals surface area contributed by atoms with E-state index in [1.54, 1.807) is 17.8 Å². The molecule has 1 aliphatic rings. The summed E-state index contributed by atoms with van der Waals surface area (Å²) in [4.78, 5) is 12.6. The Bertz CT molecular complexity index is 833. The van der Waals surface area contributed by atoms with E-state index >= 15 is 0 Å². The molecule has 0 atom stereocenters. The monoisotopic (exact) mass is 406 g/mol. The van der Waals surface area contributed by atoms with E-state index in [2.05, 4.69) is 17.7 Å². The fourth-order valence-corrected chi connectivity index (χ4v) is 3.89. The van der Waals surface area contributed by atoms with Gasteiger partial charge in [-0.25, -0.2) is 4.79 Å². The first-order valence-corrected chi connectivity index (χ1v) is 10.5. The smallest absolute Gasteiger partial charge is 0.488 e. The molecule has 0 N–H and O–H groups in total. The van der Waals surface area contributed by atoms with Gasteiger partial charge in [0.2, 0.25) is 0 Å². The van der Waals surface area contributed by atoms with Gasteiger partial charge in [0.1, 0.15) is 18.1 Å². The summed E-state index contributed by atoms with van der Waals surface area (Å²) < 4.78 is 16.1. The van der Waals surface area contributed by atoms with Gasteiger partial charge >= 0.3 is 6.16 Å². The molecule has 6 heteroatoms. The van der Waals surface area contributed by atoms with Gasteiger partial charge in [-0.05, 0) is 60.8 Å². The topological polar surface area (TPSA) is 44.8 Å². The van der Waals surface area contributed by atoms with Gasteiger partial charge in [-0.2, -0.15) is 0 Å². The molecular formula is C21H23ClO4S. The lowest BCUT2D eigenvalue weighted by Crippen LogP contribution is -2.10. The van der Waals surface area contributed by atoms with Crippen molar-refractivity contribution in [3.8, 4) is 11.5 Å². The minimum absolute atomic E-state index is 0.283. The molecule has 4 nitrogen and oxygen atoms in total. The molecule has 2 aromatic carbocycles. The Hall–Kier alpha value is -1.85. The molecule has 1 aliphatic carbocycles. The number of thioether (sulfide) groups is 1. The molecule has 0 amide bonds. The quantitative estimate of drug-likeness (QED) is 0.310. The highest BCUT2D eigenvalue weighted by atomic mass is 35.5. The minimum atomic E-state index is -0.747. The van der Waals surface area contributed by atoms with E-state index in [9.17, 15) is 4.79 Å². The number of ether oxygens (including phenoxy) is 3. The number of benzene rings is 2. The number of halogens is 1. The number of hydrogen-bond acceptors (Lipinski definition) is 5. The van der Waals surface area contributed by atoms with E-state index in [4.69, 9.17) is 21.1 Å². The molecule has 1 fully saturated rings. The van der Waals surface area contributed by atoms with Crippen molar-refractivity contribution < 1.29 is 19.0 Å². The fourth-order valence-electron chi connectivity index (χ4n) is 2.98. The Morgan fingerprint density at radius 2 is 2.04 bits per heavy atom. The molecule has 3 rings (SSSR count). The van der Waals surface area contributed by atoms with Crippen LogP contribution in [0.1, 0.15) is 42.4 Å². The number of hydrogen-bond donors (Lipinski definition) is 0. The normalized spacial score (nSPS) is 13.3. The van der Waals surface area contributed by atoms with Crippen LogP contribution in [0.2, 0.25) is 5.02 Å². The summed E-state index contributed by atoms with van der Waals surface area (Å²) >= 11 is 7.99. The van der Waals surface area contributed by atoms with Crippen LogP contribution in [0.25, 0.3) is 0 Å². The Balaban J connectivity index is 1.88. The summed E-state index contributed by atoms with van der Waals surface area (Å²) in [7, 11) is 1.29. The van der Waals surface area contributed by atoms with Gasteiger partial charge in [0.05, 0.1) is 7.11 Å². The maximum absolute atomic E-state index is 11.6. The summed E-state index contributed by atoms with van der Waals surface area (Å²) in [6.45, 7) is 2.38. The van der Waals surface area contributed by atoms with Crippen molar-refractivity contribution in [3.63, 3.8) is 0 Å². The molecule has 27 heavy (non-hydrogen) atoms. The van der Waals surface area contributed by atoms with Crippen molar-refractivity contribution >= 4 is 29.5 Å². The standard InChI is InChI=1S/C21H23ClO4S/c1-4-13-10-15(14-8-9-14)19(11-17(13)22)25-12-16-18(26-21(23)24-2)6-5-7-20(16)27-3/h5-7,10-11,14H,4,8-9,12H2,1-3H3. The first-order chi connectivity index (χ1) is 13.1. The zero-order valence-electron chi connectivity index (χ0n) is 15.7. The molecule has 0 bridgehead atoms. The Morgan fingerprint density at radius 3 is 2.67 bits per heavy atom. The summed E-state index contributed by atoms with van der Waals surface area (Å²) in [6, 6.07) is 9.64. The van der Waals surface area contributed by atoms with Gasteiger partial charge in [0.25, 0.3) is 0 Å².